The van der Waals surface area contributed by atoms with Gasteiger partial charge in [-0.15, -0.1) is 0 Å². The first-order valence-electron chi connectivity index (χ1n) is 14.6. The smallest absolute Gasteiger partial charge is 0.224 e. The summed E-state index contributed by atoms with van der Waals surface area (Å²) in [5, 5.41) is 30.9. The van der Waals surface area contributed by atoms with Gasteiger partial charge in [0, 0.05) is 43.3 Å². The van der Waals surface area contributed by atoms with Gasteiger partial charge in [-0.2, -0.15) is 10.2 Å². The zero-order chi connectivity index (χ0) is 26.8. The molecule has 4 N–H and O–H groups in total. The quantitative estimate of drug-likeness (QED) is 0.329. The SMILES string of the molecule is N#Cc1cnc(NCc2ccccc2Cl)nc1NC[C@]12CC3C[C@H](C1)[C@@H](NCCN1CCC[C@H]1CO)[C@@H](C3)C2. The molecule has 9 heteroatoms. The van der Waals surface area contributed by atoms with Crippen LogP contribution in [-0.2, 0) is 6.54 Å². The molecule has 0 spiro atoms. The molecule has 4 bridgehead atoms. The fourth-order valence-electron chi connectivity index (χ4n) is 8.28. The van der Waals surface area contributed by atoms with Crippen LogP contribution in [0, 0.1) is 34.5 Å². The first kappa shape index (κ1) is 26.8. The van der Waals surface area contributed by atoms with Gasteiger partial charge in [0.1, 0.15) is 17.5 Å². The van der Waals surface area contributed by atoms with E-state index in [1.165, 1.54) is 38.5 Å². The Labute approximate surface area is 236 Å². The van der Waals surface area contributed by atoms with Gasteiger partial charge in [0.15, 0.2) is 0 Å². The van der Waals surface area contributed by atoms with Crippen LogP contribution in [0.2, 0.25) is 5.02 Å². The van der Waals surface area contributed by atoms with Crippen LogP contribution in [0.1, 0.15) is 56.1 Å². The van der Waals surface area contributed by atoms with Gasteiger partial charge in [-0.05, 0) is 86.3 Å². The largest absolute Gasteiger partial charge is 0.395 e. The Hall–Kier alpha value is -2.44. The zero-order valence-corrected chi connectivity index (χ0v) is 23.3. The molecule has 1 aliphatic heterocycles. The van der Waals surface area contributed by atoms with Gasteiger partial charge < -0.3 is 21.1 Å². The first-order valence-corrected chi connectivity index (χ1v) is 15.0. The number of benzene rings is 1. The van der Waals surface area contributed by atoms with Crippen LogP contribution in [0.3, 0.4) is 0 Å². The van der Waals surface area contributed by atoms with Gasteiger partial charge in [-0.3, -0.25) is 4.90 Å². The molecule has 1 aromatic heterocycles. The minimum Gasteiger partial charge on any atom is -0.395 e. The summed E-state index contributed by atoms with van der Waals surface area (Å²) >= 11 is 6.30. The van der Waals surface area contributed by atoms with Crippen LogP contribution in [0.15, 0.2) is 30.5 Å². The molecule has 2 aromatic rings. The molecule has 4 aliphatic carbocycles. The summed E-state index contributed by atoms with van der Waals surface area (Å²) in [5.41, 5.74) is 1.73. The van der Waals surface area contributed by atoms with Crippen molar-refractivity contribution in [2.24, 2.45) is 23.2 Å². The number of halogens is 1. The maximum Gasteiger partial charge on any atom is 0.224 e. The fourth-order valence-corrected chi connectivity index (χ4v) is 8.49. The summed E-state index contributed by atoms with van der Waals surface area (Å²) < 4.78 is 0. The molecule has 208 valence electrons. The van der Waals surface area contributed by atoms with E-state index in [1.807, 2.05) is 24.3 Å². The van der Waals surface area contributed by atoms with Crippen molar-refractivity contribution in [3.05, 3.63) is 46.6 Å². The van der Waals surface area contributed by atoms with Crippen LogP contribution in [0.5, 0.6) is 0 Å². The molecule has 1 unspecified atom stereocenters. The van der Waals surface area contributed by atoms with Gasteiger partial charge in [0.25, 0.3) is 0 Å². The van der Waals surface area contributed by atoms with Crippen molar-refractivity contribution < 1.29 is 5.11 Å². The third kappa shape index (κ3) is 5.74. The molecule has 0 amide bonds. The minimum absolute atomic E-state index is 0.272. The summed E-state index contributed by atoms with van der Waals surface area (Å²) in [4.78, 5) is 11.5. The molecular formula is C30H40ClN7O. The zero-order valence-electron chi connectivity index (χ0n) is 22.6. The highest BCUT2D eigenvalue weighted by Crippen LogP contribution is 2.60. The summed E-state index contributed by atoms with van der Waals surface area (Å²) in [5.74, 6) is 3.36. The molecule has 2 heterocycles. The summed E-state index contributed by atoms with van der Waals surface area (Å²) in [6, 6.07) is 10.9. The average molecular weight is 550 g/mol. The van der Waals surface area contributed by atoms with E-state index in [0.29, 0.717) is 41.0 Å². The number of likely N-dealkylation sites (tertiary alicyclic amines) is 1. The second-order valence-electron chi connectivity index (χ2n) is 12.3. The number of rotatable bonds is 11. The standard InChI is InChI=1S/C30H40ClN7O/c31-26-6-2-1-4-21(26)16-34-29-35-17-24(15-32)28(37-29)36-19-30-12-20-10-22(13-30)27(23(11-20)14-30)33-7-9-38-8-3-5-25(38)18-39/h1-2,4,6,17,20,22-23,25,27,33,39H,3,5,7-14,16,18-19H2,(H2,34,35,36,37)/t20?,22-,23+,25-,27-,30-/m0/s1. The van der Waals surface area contributed by atoms with Crippen LogP contribution >= 0.6 is 11.6 Å². The number of nitriles is 1. The number of aliphatic hydroxyl groups is 1. The predicted molar refractivity (Wildman–Crippen MR) is 153 cm³/mol. The number of nitrogens with one attached hydrogen (secondary N) is 3. The van der Waals surface area contributed by atoms with E-state index in [9.17, 15) is 10.4 Å². The molecule has 8 nitrogen and oxygen atoms in total. The average Bonchev–Trinajstić information content (AvgIpc) is 3.40. The van der Waals surface area contributed by atoms with Gasteiger partial charge in [0.2, 0.25) is 5.95 Å². The van der Waals surface area contributed by atoms with E-state index in [4.69, 9.17) is 11.6 Å². The van der Waals surface area contributed by atoms with Crippen molar-refractivity contribution in [1.82, 2.24) is 20.2 Å². The van der Waals surface area contributed by atoms with Crippen molar-refractivity contribution >= 4 is 23.4 Å². The van der Waals surface area contributed by atoms with Crippen molar-refractivity contribution in [3.63, 3.8) is 0 Å². The third-order valence-corrected chi connectivity index (χ3v) is 10.2. The second-order valence-corrected chi connectivity index (χ2v) is 12.7. The summed E-state index contributed by atoms with van der Waals surface area (Å²) in [6.07, 6.45) is 10.4. The summed E-state index contributed by atoms with van der Waals surface area (Å²) in [6.45, 7) is 4.82. The number of hydrogen-bond acceptors (Lipinski definition) is 8. The van der Waals surface area contributed by atoms with Crippen molar-refractivity contribution in [1.29, 1.82) is 5.26 Å². The number of nitrogens with zero attached hydrogens (tertiary/aromatic N) is 4. The lowest BCUT2D eigenvalue weighted by Crippen LogP contribution is -2.60. The number of anilines is 2. The molecular weight excluding hydrogens is 510 g/mol. The molecule has 7 rings (SSSR count). The Bertz CT molecular complexity index is 1190. The van der Waals surface area contributed by atoms with Crippen molar-refractivity contribution in [2.75, 3.05) is 43.4 Å². The van der Waals surface area contributed by atoms with Crippen LogP contribution < -0.4 is 16.0 Å². The Morgan fingerprint density at radius 2 is 1.97 bits per heavy atom. The van der Waals surface area contributed by atoms with Crippen molar-refractivity contribution in [2.45, 2.75) is 63.6 Å². The topological polar surface area (TPSA) is 109 Å². The molecule has 1 saturated heterocycles. The number of hydrogen-bond donors (Lipinski definition) is 4. The maximum atomic E-state index is 9.71. The normalized spacial score (nSPS) is 31.4. The highest BCUT2D eigenvalue weighted by atomic mass is 35.5. The van der Waals surface area contributed by atoms with E-state index < -0.39 is 0 Å². The minimum atomic E-state index is 0.272. The second kappa shape index (κ2) is 11.6. The monoisotopic (exact) mass is 549 g/mol. The Balaban J connectivity index is 1.06. The van der Waals surface area contributed by atoms with Gasteiger partial charge in [0.05, 0.1) is 12.8 Å². The highest BCUT2D eigenvalue weighted by molar-refractivity contribution is 6.31. The van der Waals surface area contributed by atoms with Gasteiger partial charge in [-0.25, -0.2) is 4.98 Å². The van der Waals surface area contributed by atoms with Crippen LogP contribution in [0.25, 0.3) is 0 Å². The van der Waals surface area contributed by atoms with Crippen molar-refractivity contribution in [3.8, 4) is 6.07 Å². The predicted octanol–water partition coefficient (Wildman–Crippen LogP) is 4.27. The molecule has 5 aliphatic rings. The van der Waals surface area contributed by atoms with Gasteiger partial charge >= 0.3 is 0 Å². The lowest BCUT2D eigenvalue weighted by atomic mass is 9.48. The van der Waals surface area contributed by atoms with Gasteiger partial charge in [-0.1, -0.05) is 29.8 Å². The molecule has 39 heavy (non-hydrogen) atoms. The van der Waals surface area contributed by atoms with Crippen LogP contribution in [0.4, 0.5) is 11.8 Å². The summed E-state index contributed by atoms with van der Waals surface area (Å²) in [7, 11) is 0. The maximum absolute atomic E-state index is 9.71. The highest BCUT2D eigenvalue weighted by Gasteiger charge is 2.55. The fraction of sp³-hybridized carbons (Fsp3) is 0.633. The molecule has 0 radical (unpaired) electrons. The number of aliphatic hydroxyl groups excluding tert-OH is 1. The lowest BCUT2D eigenvalue weighted by Gasteiger charge is -2.60. The first-order chi connectivity index (χ1) is 19.1. The van der Waals surface area contributed by atoms with E-state index in [-0.39, 0.29) is 12.0 Å². The molecule has 1 aromatic carbocycles. The molecule has 5 fully saturated rings. The Morgan fingerprint density at radius 1 is 1.15 bits per heavy atom. The Morgan fingerprint density at radius 3 is 2.74 bits per heavy atom. The van der Waals surface area contributed by atoms with Crippen LogP contribution in [-0.4, -0.2) is 64.8 Å². The number of aromatic nitrogens is 2. The Kier molecular flexibility index (Phi) is 7.95. The van der Waals surface area contributed by atoms with E-state index in [0.717, 1.165) is 55.9 Å². The molecule has 4 saturated carbocycles. The lowest BCUT2D eigenvalue weighted by molar-refractivity contribution is -0.0696. The van der Waals surface area contributed by atoms with E-state index in [2.05, 4.69) is 36.9 Å². The molecule has 6 atom stereocenters. The third-order valence-electron chi connectivity index (χ3n) is 9.82. The van der Waals surface area contributed by atoms with E-state index >= 15 is 0 Å². The van der Waals surface area contributed by atoms with E-state index in [1.54, 1.807) is 6.20 Å².